The van der Waals surface area contributed by atoms with Gasteiger partial charge in [-0.25, -0.2) is 0 Å². The molecule has 0 aliphatic rings. The van der Waals surface area contributed by atoms with E-state index >= 15 is 0 Å². The Kier molecular flexibility index (Phi) is 3.91. The normalized spacial score (nSPS) is 10.1. The van der Waals surface area contributed by atoms with Crippen LogP contribution < -0.4 is 11.1 Å². The summed E-state index contributed by atoms with van der Waals surface area (Å²) >= 11 is 3.20. The molecular formula is C9H11BrN2O2. The van der Waals surface area contributed by atoms with Crippen molar-refractivity contribution in [1.82, 2.24) is 5.32 Å². The number of carbonyl (C=O) groups is 1. The summed E-state index contributed by atoms with van der Waals surface area (Å²) < 4.78 is 0.635. The number of nitrogens with two attached hydrogens (primary N) is 1. The van der Waals surface area contributed by atoms with E-state index in [0.717, 1.165) is 5.56 Å². The average Bonchev–Trinajstić information content (AvgIpc) is 2.12. The molecule has 4 nitrogen and oxygen atoms in total. The second-order valence-electron chi connectivity index (χ2n) is 2.82. The van der Waals surface area contributed by atoms with E-state index in [2.05, 4.69) is 21.2 Å². The van der Waals surface area contributed by atoms with Gasteiger partial charge in [-0.2, -0.15) is 0 Å². The third kappa shape index (κ3) is 3.01. The number of rotatable bonds is 4. The topological polar surface area (TPSA) is 75.4 Å². The predicted octanol–water partition coefficient (Wildman–Crippen LogP) is 0.730. The lowest BCUT2D eigenvalue weighted by molar-refractivity contribution is -0.117. The molecule has 0 heterocycles. The Balaban J connectivity index is 2.59. The van der Waals surface area contributed by atoms with Crippen molar-refractivity contribution in [2.45, 2.75) is 6.54 Å². The summed E-state index contributed by atoms with van der Waals surface area (Å²) in [5.41, 5.74) is 5.67. The van der Waals surface area contributed by atoms with Crippen LogP contribution >= 0.6 is 15.9 Å². The van der Waals surface area contributed by atoms with Crippen molar-refractivity contribution in [3.63, 3.8) is 0 Å². The van der Waals surface area contributed by atoms with E-state index in [1.807, 2.05) is 6.07 Å². The maximum atomic E-state index is 10.4. The van der Waals surface area contributed by atoms with Gasteiger partial charge in [-0.1, -0.05) is 12.1 Å². The highest BCUT2D eigenvalue weighted by molar-refractivity contribution is 9.10. The largest absolute Gasteiger partial charge is 0.506 e. The molecule has 0 atom stereocenters. The van der Waals surface area contributed by atoms with Crippen LogP contribution in [-0.4, -0.2) is 17.6 Å². The maximum Gasteiger partial charge on any atom is 0.231 e. The summed E-state index contributed by atoms with van der Waals surface area (Å²) in [5.74, 6) is -0.232. The first kappa shape index (κ1) is 11.0. The molecule has 14 heavy (non-hydrogen) atoms. The van der Waals surface area contributed by atoms with E-state index in [4.69, 9.17) is 5.73 Å². The van der Waals surface area contributed by atoms with Crippen LogP contribution in [0.2, 0.25) is 0 Å². The van der Waals surface area contributed by atoms with Crippen molar-refractivity contribution in [3.8, 4) is 5.75 Å². The van der Waals surface area contributed by atoms with Crippen LogP contribution in [0.15, 0.2) is 22.7 Å². The number of hydrogen-bond acceptors (Lipinski definition) is 3. The van der Waals surface area contributed by atoms with Crippen LogP contribution in [0.3, 0.4) is 0 Å². The van der Waals surface area contributed by atoms with E-state index in [1.165, 1.54) is 0 Å². The standard InChI is InChI=1S/C9H11BrN2O2/c10-7-3-1-2-6(9(7)14)4-12-5-8(11)13/h1-3,12,14H,4-5H2,(H2,11,13). The predicted molar refractivity (Wildman–Crippen MR) is 56.7 cm³/mol. The van der Waals surface area contributed by atoms with E-state index in [0.29, 0.717) is 11.0 Å². The van der Waals surface area contributed by atoms with Gasteiger partial charge in [0.2, 0.25) is 5.91 Å². The molecule has 0 aromatic heterocycles. The van der Waals surface area contributed by atoms with Gasteiger partial charge in [-0.05, 0) is 22.0 Å². The molecule has 0 aliphatic heterocycles. The second-order valence-corrected chi connectivity index (χ2v) is 3.67. The van der Waals surface area contributed by atoms with Gasteiger partial charge >= 0.3 is 0 Å². The Morgan fingerprint density at radius 2 is 2.29 bits per heavy atom. The number of aromatic hydroxyl groups is 1. The zero-order valence-electron chi connectivity index (χ0n) is 7.46. The van der Waals surface area contributed by atoms with Crippen LogP contribution in [0.25, 0.3) is 0 Å². The Morgan fingerprint density at radius 1 is 1.57 bits per heavy atom. The van der Waals surface area contributed by atoms with Gasteiger partial charge in [-0.15, -0.1) is 0 Å². The van der Waals surface area contributed by atoms with Gasteiger partial charge in [0.15, 0.2) is 0 Å². The zero-order valence-corrected chi connectivity index (χ0v) is 9.04. The Hall–Kier alpha value is -1.07. The number of amides is 1. The fourth-order valence-electron chi connectivity index (χ4n) is 1.02. The molecule has 1 aromatic carbocycles. The monoisotopic (exact) mass is 258 g/mol. The fourth-order valence-corrected chi connectivity index (χ4v) is 1.43. The summed E-state index contributed by atoms with van der Waals surface area (Å²) in [6.45, 7) is 0.514. The number of primary amides is 1. The summed E-state index contributed by atoms with van der Waals surface area (Å²) in [6.07, 6.45) is 0. The lowest BCUT2D eigenvalue weighted by Crippen LogP contribution is -2.28. The van der Waals surface area contributed by atoms with Crippen LogP contribution in [-0.2, 0) is 11.3 Å². The van der Waals surface area contributed by atoms with E-state index in [1.54, 1.807) is 12.1 Å². The number of hydrogen-bond donors (Lipinski definition) is 3. The van der Waals surface area contributed by atoms with Crippen LogP contribution in [0.1, 0.15) is 5.56 Å². The quantitative estimate of drug-likeness (QED) is 0.746. The molecule has 4 N–H and O–H groups in total. The van der Waals surface area contributed by atoms with Crippen molar-refractivity contribution >= 4 is 21.8 Å². The average molecular weight is 259 g/mol. The van der Waals surface area contributed by atoms with Crippen LogP contribution in [0, 0.1) is 0 Å². The van der Waals surface area contributed by atoms with Crippen molar-refractivity contribution in [1.29, 1.82) is 0 Å². The highest BCUT2D eigenvalue weighted by Gasteiger charge is 2.04. The van der Waals surface area contributed by atoms with E-state index in [9.17, 15) is 9.90 Å². The molecule has 0 saturated heterocycles. The number of para-hydroxylation sites is 1. The molecule has 0 spiro atoms. The SMILES string of the molecule is NC(=O)CNCc1cccc(Br)c1O. The third-order valence-corrected chi connectivity index (χ3v) is 2.32. The van der Waals surface area contributed by atoms with Crippen molar-refractivity contribution in [2.75, 3.05) is 6.54 Å². The Morgan fingerprint density at radius 3 is 2.93 bits per heavy atom. The first-order valence-corrected chi connectivity index (χ1v) is 4.86. The molecule has 0 saturated carbocycles. The minimum Gasteiger partial charge on any atom is -0.506 e. The smallest absolute Gasteiger partial charge is 0.231 e. The number of halogens is 1. The minimum absolute atomic E-state index is 0.103. The molecule has 1 amide bonds. The fraction of sp³-hybridized carbons (Fsp3) is 0.222. The zero-order chi connectivity index (χ0) is 10.6. The van der Waals surface area contributed by atoms with Gasteiger partial charge in [-0.3, -0.25) is 4.79 Å². The highest BCUT2D eigenvalue weighted by atomic mass is 79.9. The first-order valence-electron chi connectivity index (χ1n) is 4.06. The number of phenolic OH excluding ortho intramolecular Hbond substituents is 1. The summed E-state index contributed by atoms with van der Waals surface area (Å²) in [7, 11) is 0. The van der Waals surface area contributed by atoms with Gasteiger partial charge in [0.05, 0.1) is 11.0 Å². The summed E-state index contributed by atoms with van der Waals surface area (Å²) in [6, 6.07) is 5.33. The maximum absolute atomic E-state index is 10.4. The molecule has 0 fully saturated rings. The molecule has 0 aliphatic carbocycles. The number of benzene rings is 1. The molecule has 0 unspecified atom stereocenters. The number of nitrogens with one attached hydrogen (secondary N) is 1. The van der Waals surface area contributed by atoms with E-state index in [-0.39, 0.29) is 12.3 Å². The summed E-state index contributed by atoms with van der Waals surface area (Å²) in [4.78, 5) is 10.4. The van der Waals surface area contributed by atoms with Crippen LogP contribution in [0.4, 0.5) is 0 Å². The van der Waals surface area contributed by atoms with Gasteiger partial charge in [0.25, 0.3) is 0 Å². The third-order valence-electron chi connectivity index (χ3n) is 1.69. The first-order chi connectivity index (χ1) is 6.61. The van der Waals surface area contributed by atoms with Crippen molar-refractivity contribution < 1.29 is 9.90 Å². The Labute approximate surface area is 90.2 Å². The number of carbonyl (C=O) groups excluding carboxylic acids is 1. The van der Waals surface area contributed by atoms with E-state index < -0.39 is 5.91 Å². The molecule has 1 rings (SSSR count). The van der Waals surface area contributed by atoms with Crippen LogP contribution in [0.5, 0.6) is 5.75 Å². The lowest BCUT2D eigenvalue weighted by atomic mass is 10.2. The highest BCUT2D eigenvalue weighted by Crippen LogP contribution is 2.26. The van der Waals surface area contributed by atoms with Crippen molar-refractivity contribution in [3.05, 3.63) is 28.2 Å². The minimum atomic E-state index is -0.417. The van der Waals surface area contributed by atoms with Gasteiger partial charge in [0.1, 0.15) is 5.75 Å². The molecule has 0 radical (unpaired) electrons. The molecule has 1 aromatic rings. The number of phenols is 1. The molecule has 5 heteroatoms. The van der Waals surface area contributed by atoms with Gasteiger partial charge < -0.3 is 16.2 Å². The Bertz CT molecular complexity index is 342. The van der Waals surface area contributed by atoms with Gasteiger partial charge in [0, 0.05) is 12.1 Å². The second kappa shape index (κ2) is 4.97. The molecule has 0 bridgehead atoms. The van der Waals surface area contributed by atoms with Crippen molar-refractivity contribution in [2.24, 2.45) is 5.73 Å². The molecule has 76 valence electrons. The molecular weight excluding hydrogens is 248 g/mol. The lowest BCUT2D eigenvalue weighted by Gasteiger charge is -2.06. The summed E-state index contributed by atoms with van der Waals surface area (Å²) in [5, 5.41) is 12.4.